The maximum atomic E-state index is 11.9. The predicted molar refractivity (Wildman–Crippen MR) is 142 cm³/mol. The summed E-state index contributed by atoms with van der Waals surface area (Å²) in [6.45, 7) is 5.12. The molecule has 37 heavy (non-hydrogen) atoms. The van der Waals surface area contributed by atoms with Gasteiger partial charge < -0.3 is 25.0 Å². The van der Waals surface area contributed by atoms with Crippen LogP contribution < -0.4 is 14.8 Å². The lowest BCUT2D eigenvalue weighted by Gasteiger charge is -2.15. The number of benzene rings is 3. The molecule has 0 aliphatic heterocycles. The van der Waals surface area contributed by atoms with Gasteiger partial charge in [0.1, 0.15) is 18.1 Å². The van der Waals surface area contributed by atoms with Gasteiger partial charge in [0, 0.05) is 13.1 Å². The number of aromatic hydroxyl groups is 1. The minimum atomic E-state index is -3.56. The van der Waals surface area contributed by atoms with E-state index in [9.17, 15) is 23.4 Å². The van der Waals surface area contributed by atoms with Crippen molar-refractivity contribution >= 4 is 21.7 Å². The number of aliphatic hydroxyl groups excluding tert-OH is 1. The van der Waals surface area contributed by atoms with Crippen molar-refractivity contribution in [2.24, 2.45) is 0 Å². The van der Waals surface area contributed by atoms with Crippen LogP contribution in [-0.2, 0) is 14.8 Å². The Hall–Kier alpha value is -3.60. The molecule has 0 heterocycles. The van der Waals surface area contributed by atoms with Crippen LogP contribution in [0.1, 0.15) is 34.5 Å². The van der Waals surface area contributed by atoms with E-state index < -0.39 is 16.1 Å². The molecule has 3 aromatic rings. The van der Waals surface area contributed by atoms with Gasteiger partial charge >= 0.3 is 5.97 Å². The molecule has 0 bridgehead atoms. The molecular weight excluding hydrogens is 496 g/mol. The molecule has 0 fully saturated rings. The molecule has 3 aromatic carbocycles. The monoisotopic (exact) mass is 528 g/mol. The van der Waals surface area contributed by atoms with Gasteiger partial charge in [-0.3, -0.25) is 4.72 Å². The summed E-state index contributed by atoms with van der Waals surface area (Å²) in [5.41, 5.74) is 3.97. The second-order valence-electron chi connectivity index (χ2n) is 8.49. The van der Waals surface area contributed by atoms with Crippen molar-refractivity contribution in [3.8, 4) is 22.6 Å². The number of aliphatic hydroxyl groups is 1. The summed E-state index contributed by atoms with van der Waals surface area (Å²) < 4.78 is 35.9. The van der Waals surface area contributed by atoms with Crippen LogP contribution in [0.3, 0.4) is 0 Å². The van der Waals surface area contributed by atoms with Gasteiger partial charge in [0.15, 0.2) is 0 Å². The van der Waals surface area contributed by atoms with Crippen molar-refractivity contribution in [2.75, 3.05) is 37.3 Å². The van der Waals surface area contributed by atoms with E-state index in [1.54, 1.807) is 13.0 Å². The highest BCUT2D eigenvalue weighted by Gasteiger charge is 2.13. The largest absolute Gasteiger partial charge is 0.506 e. The number of nitrogens with one attached hydrogen (secondary N) is 2. The highest BCUT2D eigenvalue weighted by molar-refractivity contribution is 7.92. The molecule has 0 spiro atoms. The quantitative estimate of drug-likeness (QED) is 0.159. The number of phenols is 1. The number of anilines is 1. The van der Waals surface area contributed by atoms with Gasteiger partial charge in [-0.2, -0.15) is 0 Å². The number of aryl methyl sites for hydroxylation is 1. The average Bonchev–Trinajstić information content (AvgIpc) is 2.85. The molecule has 9 nitrogen and oxygen atoms in total. The predicted octanol–water partition coefficient (Wildman–Crippen LogP) is 3.62. The Morgan fingerprint density at radius 1 is 1.05 bits per heavy atom. The summed E-state index contributed by atoms with van der Waals surface area (Å²) in [7, 11) is -3.56. The second-order valence-corrected chi connectivity index (χ2v) is 10.2. The van der Waals surface area contributed by atoms with E-state index >= 15 is 0 Å². The summed E-state index contributed by atoms with van der Waals surface area (Å²) in [6, 6.07) is 17.4. The minimum Gasteiger partial charge on any atom is -0.506 e. The highest BCUT2D eigenvalue weighted by Crippen LogP contribution is 2.28. The van der Waals surface area contributed by atoms with Crippen LogP contribution in [0.5, 0.6) is 11.5 Å². The van der Waals surface area contributed by atoms with Crippen LogP contribution in [0, 0.1) is 6.92 Å². The molecule has 0 saturated heterocycles. The summed E-state index contributed by atoms with van der Waals surface area (Å²) in [6.07, 6.45) is 0.0783. The number of carbonyl (C=O) groups excluding carboxylic acids is 1. The Morgan fingerprint density at radius 2 is 1.78 bits per heavy atom. The van der Waals surface area contributed by atoms with Crippen molar-refractivity contribution in [2.45, 2.75) is 20.0 Å². The fourth-order valence-electron chi connectivity index (χ4n) is 3.70. The Labute approximate surface area is 217 Å². The highest BCUT2D eigenvalue weighted by atomic mass is 32.2. The van der Waals surface area contributed by atoms with Crippen molar-refractivity contribution < 1.29 is 32.9 Å². The third-order valence-electron chi connectivity index (χ3n) is 5.49. The van der Waals surface area contributed by atoms with Gasteiger partial charge in [0.05, 0.1) is 30.2 Å². The fourth-order valence-corrected chi connectivity index (χ4v) is 4.26. The zero-order valence-corrected chi connectivity index (χ0v) is 21.8. The summed E-state index contributed by atoms with van der Waals surface area (Å²) >= 11 is 0. The Bertz CT molecular complexity index is 1330. The van der Waals surface area contributed by atoms with Gasteiger partial charge in [-0.05, 0) is 72.5 Å². The van der Waals surface area contributed by atoms with Gasteiger partial charge in [0.2, 0.25) is 10.0 Å². The van der Waals surface area contributed by atoms with Gasteiger partial charge in [-0.25, -0.2) is 13.2 Å². The van der Waals surface area contributed by atoms with Crippen molar-refractivity contribution in [1.29, 1.82) is 0 Å². The van der Waals surface area contributed by atoms with Crippen molar-refractivity contribution in [3.63, 3.8) is 0 Å². The minimum absolute atomic E-state index is 0.0102. The second kappa shape index (κ2) is 12.6. The van der Waals surface area contributed by atoms with Gasteiger partial charge in [0.25, 0.3) is 0 Å². The topological polar surface area (TPSA) is 134 Å². The molecule has 3 rings (SSSR count). The van der Waals surface area contributed by atoms with E-state index in [2.05, 4.69) is 10.0 Å². The number of sulfonamides is 1. The molecule has 0 aliphatic rings. The van der Waals surface area contributed by atoms with E-state index in [4.69, 9.17) is 9.47 Å². The molecular formula is C27H32N2O7S. The SMILES string of the molecule is CCOC(=O)c1ccc(-c2ccc(OCCNC[C@H](O)c3ccc(O)c(NS(C)(=O)=O)c3)cc2)c(C)c1. The first-order valence-electron chi connectivity index (χ1n) is 11.8. The average molecular weight is 529 g/mol. The zero-order valence-electron chi connectivity index (χ0n) is 21.0. The summed E-state index contributed by atoms with van der Waals surface area (Å²) in [4.78, 5) is 11.9. The molecule has 0 unspecified atom stereocenters. The molecule has 0 amide bonds. The smallest absolute Gasteiger partial charge is 0.338 e. The van der Waals surface area contributed by atoms with Crippen LogP contribution >= 0.6 is 0 Å². The zero-order chi connectivity index (χ0) is 27.0. The number of carbonyl (C=O) groups is 1. The molecule has 0 aliphatic carbocycles. The Morgan fingerprint density at radius 3 is 2.43 bits per heavy atom. The molecule has 0 aromatic heterocycles. The fraction of sp³-hybridized carbons (Fsp3) is 0.296. The third-order valence-corrected chi connectivity index (χ3v) is 6.08. The van der Waals surface area contributed by atoms with Crippen LogP contribution in [0.2, 0.25) is 0 Å². The summed E-state index contributed by atoms with van der Waals surface area (Å²) in [5.74, 6) is 0.137. The number of hydrogen-bond acceptors (Lipinski definition) is 8. The Balaban J connectivity index is 1.48. The van der Waals surface area contributed by atoms with Gasteiger partial charge in [-0.15, -0.1) is 0 Å². The number of esters is 1. The van der Waals surface area contributed by atoms with E-state index in [1.807, 2.05) is 43.3 Å². The van der Waals surface area contributed by atoms with E-state index in [0.29, 0.717) is 36.6 Å². The van der Waals surface area contributed by atoms with Gasteiger partial charge in [-0.1, -0.05) is 24.3 Å². The van der Waals surface area contributed by atoms with Crippen LogP contribution in [-0.4, -0.2) is 57.2 Å². The first-order chi connectivity index (χ1) is 17.6. The lowest BCUT2D eigenvalue weighted by atomic mass is 9.98. The number of rotatable bonds is 12. The van der Waals surface area contributed by atoms with Crippen molar-refractivity contribution in [3.05, 3.63) is 77.4 Å². The standard InChI is InChI=1S/C27H32N2O7S/c1-4-35-27(32)21-7-11-23(18(2)15-21)19-5-9-22(10-6-19)36-14-13-28-17-26(31)20-8-12-25(30)24(16-20)29-37(3,33)34/h5-12,15-16,26,28-31H,4,13-14,17H2,1-3H3/t26-/m0/s1. The van der Waals surface area contributed by atoms with E-state index in [-0.39, 0.29) is 24.0 Å². The lowest BCUT2D eigenvalue weighted by molar-refractivity contribution is 0.0526. The first-order valence-corrected chi connectivity index (χ1v) is 13.7. The van der Waals surface area contributed by atoms with E-state index in [1.165, 1.54) is 18.2 Å². The molecule has 10 heteroatoms. The molecule has 1 atom stereocenters. The number of hydrogen-bond donors (Lipinski definition) is 4. The summed E-state index contributed by atoms with van der Waals surface area (Å²) in [5, 5.41) is 23.3. The maximum Gasteiger partial charge on any atom is 0.338 e. The van der Waals surface area contributed by atoms with Crippen LogP contribution in [0.4, 0.5) is 5.69 Å². The van der Waals surface area contributed by atoms with E-state index in [0.717, 1.165) is 22.9 Å². The first kappa shape index (κ1) is 28.0. The molecule has 198 valence electrons. The number of phenolic OH excluding ortho intramolecular Hbond substituents is 1. The number of ether oxygens (including phenoxy) is 2. The van der Waals surface area contributed by atoms with Crippen LogP contribution in [0.25, 0.3) is 11.1 Å². The normalized spacial score (nSPS) is 12.1. The maximum absolute atomic E-state index is 11.9. The molecule has 4 N–H and O–H groups in total. The molecule has 0 saturated carbocycles. The van der Waals surface area contributed by atoms with Crippen molar-refractivity contribution in [1.82, 2.24) is 5.32 Å². The van der Waals surface area contributed by atoms with Crippen LogP contribution in [0.15, 0.2) is 60.7 Å². The molecule has 0 radical (unpaired) electrons. The third kappa shape index (κ3) is 8.21. The lowest BCUT2D eigenvalue weighted by Crippen LogP contribution is -2.26. The Kier molecular flexibility index (Phi) is 9.51.